The molecule has 3 aliphatic rings. The number of carbonyl (C=O) groups excluding carboxylic acids is 1. The first kappa shape index (κ1) is 27.1. The van der Waals surface area contributed by atoms with Crippen molar-refractivity contribution in [2.75, 3.05) is 13.2 Å². The molecule has 2 saturated heterocycles. The number of hydrogen-bond acceptors (Lipinski definition) is 9. The lowest BCUT2D eigenvalue weighted by Crippen LogP contribution is -2.38. The Morgan fingerprint density at radius 2 is 1.80 bits per heavy atom. The lowest BCUT2D eigenvalue weighted by Gasteiger charge is -2.26. The van der Waals surface area contributed by atoms with E-state index < -0.39 is 54.1 Å². The van der Waals surface area contributed by atoms with E-state index in [9.17, 15) is 23.8 Å². The number of nitrogens with one attached hydrogen (secondary N) is 2. The van der Waals surface area contributed by atoms with Crippen molar-refractivity contribution in [2.24, 2.45) is 0 Å². The van der Waals surface area contributed by atoms with Crippen molar-refractivity contribution in [3.05, 3.63) is 46.0 Å². The van der Waals surface area contributed by atoms with Gasteiger partial charge in [-0.05, 0) is 43.9 Å². The quantitative estimate of drug-likeness (QED) is 0.331. The number of halogens is 3. The summed E-state index contributed by atoms with van der Waals surface area (Å²) in [6, 6.07) is 3.37. The number of hydrogen-bond donors (Lipinski definition) is 4. The predicted molar refractivity (Wildman–Crippen MR) is 135 cm³/mol. The summed E-state index contributed by atoms with van der Waals surface area (Å²) in [6.45, 7) is -0.154. The minimum Gasteiger partial charge on any atom is -0.471 e. The summed E-state index contributed by atoms with van der Waals surface area (Å²) in [5.41, 5.74) is 0.0923. The molecule has 0 spiro atoms. The van der Waals surface area contributed by atoms with Crippen LogP contribution in [-0.2, 0) is 16.1 Å². The summed E-state index contributed by atoms with van der Waals surface area (Å²) < 4.78 is 52.1. The van der Waals surface area contributed by atoms with Gasteiger partial charge in [-0.1, -0.05) is 11.6 Å². The number of carbonyl (C=O) groups is 1. The number of ether oxygens (including phenoxy) is 4. The fourth-order valence-electron chi connectivity index (χ4n) is 5.23. The minimum absolute atomic E-state index is 0.0728. The molecule has 2 unspecified atom stereocenters. The maximum absolute atomic E-state index is 14.8. The van der Waals surface area contributed by atoms with E-state index in [1.54, 1.807) is 0 Å². The van der Waals surface area contributed by atoms with Gasteiger partial charge in [0.25, 0.3) is 11.9 Å². The number of H-pyrrole nitrogens is 1. The predicted octanol–water partition coefficient (Wildman–Crippen LogP) is 2.41. The summed E-state index contributed by atoms with van der Waals surface area (Å²) in [7, 11) is 0. The Morgan fingerprint density at radius 3 is 2.55 bits per heavy atom. The molecule has 14 heteroatoms. The molecule has 1 aliphatic carbocycles. The van der Waals surface area contributed by atoms with Gasteiger partial charge >= 0.3 is 0 Å². The molecule has 0 radical (unpaired) electrons. The second-order valence-electron chi connectivity index (χ2n) is 10.2. The number of imidazole rings is 1. The van der Waals surface area contributed by atoms with E-state index in [2.05, 4.69) is 20.3 Å². The molecule has 3 aromatic rings. The largest absolute Gasteiger partial charge is 0.471 e. The van der Waals surface area contributed by atoms with Crippen LogP contribution < -0.4 is 14.8 Å². The summed E-state index contributed by atoms with van der Waals surface area (Å²) in [6.07, 6.45) is -0.146. The van der Waals surface area contributed by atoms with Crippen molar-refractivity contribution >= 4 is 28.7 Å². The van der Waals surface area contributed by atoms with Gasteiger partial charge in [0, 0.05) is 11.6 Å². The van der Waals surface area contributed by atoms with Crippen LogP contribution in [0.4, 0.5) is 8.78 Å². The van der Waals surface area contributed by atoms with Gasteiger partial charge in [-0.3, -0.25) is 4.79 Å². The smallest absolute Gasteiger partial charge is 0.296 e. The van der Waals surface area contributed by atoms with Crippen LogP contribution in [0.15, 0.2) is 18.2 Å². The number of amides is 1. The van der Waals surface area contributed by atoms with Crippen molar-refractivity contribution in [2.45, 2.75) is 68.9 Å². The molecule has 214 valence electrons. The fraction of sp³-hybridized carbons (Fsp3) is 0.500. The van der Waals surface area contributed by atoms with Gasteiger partial charge in [0.15, 0.2) is 11.8 Å². The summed E-state index contributed by atoms with van der Waals surface area (Å²) >= 11 is 6.29. The zero-order valence-corrected chi connectivity index (χ0v) is 21.9. The van der Waals surface area contributed by atoms with E-state index in [4.69, 9.17) is 30.5 Å². The monoisotopic (exact) mass is 580 g/mol. The van der Waals surface area contributed by atoms with E-state index in [-0.39, 0.29) is 53.5 Å². The molecular formula is C26H27ClF2N4O7. The Hall–Kier alpha value is -3.10. The summed E-state index contributed by atoms with van der Waals surface area (Å²) in [5.74, 6) is -2.59. The van der Waals surface area contributed by atoms with Gasteiger partial charge in [0.1, 0.15) is 41.6 Å². The van der Waals surface area contributed by atoms with Crippen molar-refractivity contribution in [1.82, 2.24) is 20.3 Å². The second kappa shape index (κ2) is 11.1. The number of aromatic amines is 1. The fourth-order valence-corrected chi connectivity index (χ4v) is 5.43. The van der Waals surface area contributed by atoms with Gasteiger partial charge in [-0.15, -0.1) is 0 Å². The number of aliphatic hydroxyl groups is 2. The molecule has 11 nitrogen and oxygen atoms in total. The van der Waals surface area contributed by atoms with Gasteiger partial charge in [0.05, 0.1) is 30.4 Å². The number of nitrogens with zero attached hydrogens (tertiary/aromatic N) is 2. The molecular weight excluding hydrogens is 554 g/mol. The highest BCUT2D eigenvalue weighted by molar-refractivity contribution is 6.32. The number of benzene rings is 1. The third-order valence-electron chi connectivity index (χ3n) is 7.41. The lowest BCUT2D eigenvalue weighted by molar-refractivity contribution is 0.00706. The third-order valence-corrected chi connectivity index (χ3v) is 7.68. The Morgan fingerprint density at radius 1 is 1.07 bits per heavy atom. The van der Waals surface area contributed by atoms with Crippen LogP contribution in [0, 0.1) is 11.6 Å². The van der Waals surface area contributed by atoms with Gasteiger partial charge in [-0.2, -0.15) is 9.97 Å². The first-order valence-electron chi connectivity index (χ1n) is 13.0. The number of pyridine rings is 1. The molecule has 2 aromatic heterocycles. The molecule has 3 fully saturated rings. The average molecular weight is 581 g/mol. The number of aromatic nitrogens is 3. The van der Waals surface area contributed by atoms with Crippen molar-refractivity contribution in [3.8, 4) is 11.9 Å². The zero-order chi connectivity index (χ0) is 28.0. The summed E-state index contributed by atoms with van der Waals surface area (Å²) in [5, 5.41) is 22.3. The molecule has 40 heavy (non-hydrogen) atoms. The average Bonchev–Trinajstić information content (AvgIpc) is 3.61. The van der Waals surface area contributed by atoms with E-state index in [1.165, 1.54) is 6.07 Å². The Kier molecular flexibility index (Phi) is 7.48. The van der Waals surface area contributed by atoms with Gasteiger partial charge in [-0.25, -0.2) is 8.78 Å². The van der Waals surface area contributed by atoms with E-state index in [1.807, 2.05) is 0 Å². The lowest BCUT2D eigenvalue weighted by atomic mass is 9.93. The molecule has 4 heterocycles. The third kappa shape index (κ3) is 5.44. The van der Waals surface area contributed by atoms with Gasteiger partial charge < -0.3 is 39.5 Å². The topological polar surface area (TPSA) is 148 Å². The maximum atomic E-state index is 14.8. The number of aliphatic hydroxyl groups excluding tert-OH is 2. The zero-order valence-electron chi connectivity index (χ0n) is 21.1. The first-order chi connectivity index (χ1) is 19.2. The highest BCUT2D eigenvalue weighted by Crippen LogP contribution is 2.32. The Labute approximate surface area is 231 Å². The van der Waals surface area contributed by atoms with Crippen LogP contribution in [0.3, 0.4) is 0 Å². The normalized spacial score (nSPS) is 28.0. The SMILES string of the molecule is O=C(NC1CCC(O)CC1)c1cc(F)c(COc2nc3nc(O[C@@H]4COC5C4OC[C@H]5O)[nH]c3cc2Cl)c(F)c1. The van der Waals surface area contributed by atoms with Crippen LogP contribution in [0.1, 0.15) is 41.6 Å². The molecule has 2 aliphatic heterocycles. The standard InChI is InChI=1S/C26H27ClF2N4O7/c27-15-7-18-23(33-26(31-18)40-20-10-38-21-19(35)9-37-22(20)21)32-25(15)39-8-14-16(28)5-11(6-17(14)29)24(36)30-12-1-3-13(34)4-2-12/h5-7,12-13,19-22,34-35H,1-4,8-10H2,(H,30,36)(H,31,32,33)/t12?,13?,19-,20-,21?,22?/m1/s1. The Bertz CT molecular complexity index is 1390. The van der Waals surface area contributed by atoms with Crippen LogP contribution in [0.2, 0.25) is 5.02 Å². The molecule has 0 bridgehead atoms. The molecule has 4 atom stereocenters. The second-order valence-corrected chi connectivity index (χ2v) is 10.6. The van der Waals surface area contributed by atoms with Crippen molar-refractivity contribution < 1.29 is 42.7 Å². The number of fused-ring (bicyclic) bond motifs is 2. The van der Waals surface area contributed by atoms with Crippen molar-refractivity contribution in [1.29, 1.82) is 0 Å². The van der Waals surface area contributed by atoms with Crippen LogP contribution >= 0.6 is 11.6 Å². The maximum Gasteiger partial charge on any atom is 0.296 e. The molecule has 6 rings (SSSR count). The molecule has 1 aromatic carbocycles. The van der Waals surface area contributed by atoms with E-state index in [0.717, 1.165) is 12.1 Å². The van der Waals surface area contributed by atoms with Crippen molar-refractivity contribution in [3.63, 3.8) is 0 Å². The van der Waals surface area contributed by atoms with Crippen LogP contribution in [0.25, 0.3) is 11.2 Å². The summed E-state index contributed by atoms with van der Waals surface area (Å²) in [4.78, 5) is 24.0. The molecule has 1 amide bonds. The molecule has 4 N–H and O–H groups in total. The highest BCUT2D eigenvalue weighted by atomic mass is 35.5. The molecule has 1 saturated carbocycles. The first-order valence-corrected chi connectivity index (χ1v) is 13.4. The van der Waals surface area contributed by atoms with Crippen LogP contribution in [-0.4, -0.2) is 80.8 Å². The number of rotatable bonds is 7. The Balaban J connectivity index is 1.11. The van der Waals surface area contributed by atoms with E-state index in [0.29, 0.717) is 31.2 Å². The van der Waals surface area contributed by atoms with Gasteiger partial charge in [0.2, 0.25) is 5.88 Å². The highest BCUT2D eigenvalue weighted by Gasteiger charge is 2.48. The van der Waals surface area contributed by atoms with E-state index >= 15 is 0 Å². The minimum atomic E-state index is -0.951. The van der Waals surface area contributed by atoms with Crippen LogP contribution in [0.5, 0.6) is 11.9 Å².